The molecule has 4 nitrogen and oxygen atoms in total. The largest absolute Gasteiger partial charge is 0.497 e. The highest BCUT2D eigenvalue weighted by Gasteiger charge is 2.09. The van der Waals surface area contributed by atoms with E-state index in [0.717, 1.165) is 22.2 Å². The molecule has 1 amide bonds. The molecule has 1 heterocycles. The quantitative estimate of drug-likeness (QED) is 0.777. The maximum atomic E-state index is 12.8. The third kappa shape index (κ3) is 2.93. The zero-order chi connectivity index (χ0) is 15.5. The van der Waals surface area contributed by atoms with Crippen LogP contribution in [0.2, 0.25) is 0 Å². The average Bonchev–Trinajstić information content (AvgIpc) is 2.97. The fourth-order valence-corrected chi connectivity index (χ4v) is 2.24. The molecule has 0 bridgehead atoms. The minimum Gasteiger partial charge on any atom is -0.497 e. The number of aromatic amines is 1. The van der Waals surface area contributed by atoms with E-state index in [-0.39, 0.29) is 11.7 Å². The lowest BCUT2D eigenvalue weighted by atomic mass is 10.2. The number of fused-ring (bicyclic) bond motifs is 1. The molecular weight excluding hydrogens is 283 g/mol. The normalized spacial score (nSPS) is 10.6. The third-order valence-corrected chi connectivity index (χ3v) is 3.44. The van der Waals surface area contributed by atoms with E-state index < -0.39 is 0 Å². The van der Waals surface area contributed by atoms with Crippen molar-refractivity contribution >= 4 is 16.8 Å². The number of rotatable bonds is 4. The van der Waals surface area contributed by atoms with Crippen LogP contribution in [-0.4, -0.2) is 18.0 Å². The number of ether oxygens (including phenoxy) is 1. The van der Waals surface area contributed by atoms with Crippen molar-refractivity contribution in [1.29, 1.82) is 0 Å². The molecule has 22 heavy (non-hydrogen) atoms. The Kier molecular flexibility index (Phi) is 3.78. The second kappa shape index (κ2) is 5.89. The van der Waals surface area contributed by atoms with Gasteiger partial charge in [-0.3, -0.25) is 4.79 Å². The molecule has 2 aromatic carbocycles. The summed E-state index contributed by atoms with van der Waals surface area (Å²) in [6.45, 7) is 0.345. The van der Waals surface area contributed by atoms with Crippen LogP contribution < -0.4 is 10.1 Å². The van der Waals surface area contributed by atoms with Crippen molar-refractivity contribution in [1.82, 2.24) is 10.3 Å². The van der Waals surface area contributed by atoms with Gasteiger partial charge in [0, 0.05) is 17.4 Å². The summed E-state index contributed by atoms with van der Waals surface area (Å²) in [7, 11) is 1.60. The lowest BCUT2D eigenvalue weighted by molar-refractivity contribution is 0.0947. The van der Waals surface area contributed by atoms with Crippen LogP contribution >= 0.6 is 0 Å². The van der Waals surface area contributed by atoms with E-state index >= 15 is 0 Å². The standard InChI is InChI=1S/C17H15FN2O2/c1-22-14-6-7-15-12(8-14)9-16(20-15)17(21)19-10-11-2-4-13(18)5-3-11/h2-9,20H,10H2,1H3,(H,19,21). The van der Waals surface area contributed by atoms with E-state index in [0.29, 0.717) is 12.2 Å². The summed E-state index contributed by atoms with van der Waals surface area (Å²) in [5.41, 5.74) is 2.19. The molecule has 0 aliphatic heterocycles. The van der Waals surface area contributed by atoms with Gasteiger partial charge in [-0.25, -0.2) is 4.39 Å². The molecule has 0 atom stereocenters. The molecule has 0 saturated heterocycles. The number of carbonyl (C=O) groups is 1. The number of amides is 1. The third-order valence-electron chi connectivity index (χ3n) is 3.44. The number of carbonyl (C=O) groups excluding carboxylic acids is 1. The van der Waals surface area contributed by atoms with Crippen molar-refractivity contribution in [3.63, 3.8) is 0 Å². The maximum absolute atomic E-state index is 12.8. The number of methoxy groups -OCH3 is 1. The summed E-state index contributed by atoms with van der Waals surface area (Å²) in [5.74, 6) is 0.240. The van der Waals surface area contributed by atoms with E-state index in [1.165, 1.54) is 12.1 Å². The lowest BCUT2D eigenvalue weighted by Gasteiger charge is -2.03. The second-order valence-corrected chi connectivity index (χ2v) is 4.95. The summed E-state index contributed by atoms with van der Waals surface area (Å²) in [5, 5.41) is 3.71. The molecule has 112 valence electrons. The molecule has 1 aromatic heterocycles. The van der Waals surface area contributed by atoms with Crippen molar-refractivity contribution in [2.45, 2.75) is 6.54 Å². The number of aromatic nitrogens is 1. The van der Waals surface area contributed by atoms with Crippen LogP contribution in [0.4, 0.5) is 4.39 Å². The van der Waals surface area contributed by atoms with Crippen LogP contribution in [0.1, 0.15) is 16.1 Å². The van der Waals surface area contributed by atoms with Crippen molar-refractivity contribution < 1.29 is 13.9 Å². The van der Waals surface area contributed by atoms with Gasteiger partial charge in [0.25, 0.3) is 5.91 Å². The Bertz CT molecular complexity index is 809. The molecule has 0 aliphatic rings. The Morgan fingerprint density at radius 3 is 2.68 bits per heavy atom. The minimum absolute atomic E-state index is 0.209. The molecule has 0 unspecified atom stereocenters. The first-order valence-corrected chi connectivity index (χ1v) is 6.85. The summed E-state index contributed by atoms with van der Waals surface area (Å²) in [4.78, 5) is 15.2. The van der Waals surface area contributed by atoms with Crippen LogP contribution in [0.5, 0.6) is 5.75 Å². The van der Waals surface area contributed by atoms with Crippen LogP contribution in [0.15, 0.2) is 48.5 Å². The average molecular weight is 298 g/mol. The molecular formula is C17H15FN2O2. The van der Waals surface area contributed by atoms with Gasteiger partial charge in [-0.1, -0.05) is 12.1 Å². The second-order valence-electron chi connectivity index (χ2n) is 4.95. The molecule has 0 aliphatic carbocycles. The number of H-pyrrole nitrogens is 1. The predicted octanol–water partition coefficient (Wildman–Crippen LogP) is 3.25. The smallest absolute Gasteiger partial charge is 0.267 e. The van der Waals surface area contributed by atoms with Gasteiger partial charge >= 0.3 is 0 Å². The van der Waals surface area contributed by atoms with Gasteiger partial charge in [0.2, 0.25) is 0 Å². The number of hydrogen-bond donors (Lipinski definition) is 2. The Hall–Kier alpha value is -2.82. The number of benzene rings is 2. The first kappa shape index (κ1) is 14.1. The summed E-state index contributed by atoms with van der Waals surface area (Å²) >= 11 is 0. The van der Waals surface area contributed by atoms with Gasteiger partial charge < -0.3 is 15.0 Å². The van der Waals surface area contributed by atoms with Crippen LogP contribution in [0, 0.1) is 5.82 Å². The van der Waals surface area contributed by atoms with Crippen molar-refractivity contribution in [2.75, 3.05) is 7.11 Å². The van der Waals surface area contributed by atoms with Gasteiger partial charge in [-0.15, -0.1) is 0 Å². The molecule has 0 radical (unpaired) electrons. The predicted molar refractivity (Wildman–Crippen MR) is 82.4 cm³/mol. The van der Waals surface area contributed by atoms with Crippen molar-refractivity contribution in [3.05, 3.63) is 65.6 Å². The van der Waals surface area contributed by atoms with Gasteiger partial charge in [0.15, 0.2) is 0 Å². The number of nitrogens with one attached hydrogen (secondary N) is 2. The molecule has 0 spiro atoms. The molecule has 5 heteroatoms. The van der Waals surface area contributed by atoms with E-state index in [1.807, 2.05) is 18.2 Å². The van der Waals surface area contributed by atoms with Gasteiger partial charge in [-0.2, -0.15) is 0 Å². The van der Waals surface area contributed by atoms with Crippen LogP contribution in [0.3, 0.4) is 0 Å². The molecule has 0 fully saturated rings. The maximum Gasteiger partial charge on any atom is 0.267 e. The highest BCUT2D eigenvalue weighted by molar-refractivity contribution is 5.98. The van der Waals surface area contributed by atoms with Gasteiger partial charge in [0.1, 0.15) is 17.3 Å². The number of hydrogen-bond acceptors (Lipinski definition) is 2. The van der Waals surface area contributed by atoms with Crippen molar-refractivity contribution in [2.24, 2.45) is 0 Å². The Labute approximate surface area is 126 Å². The lowest BCUT2D eigenvalue weighted by Crippen LogP contribution is -2.23. The summed E-state index contributed by atoms with van der Waals surface area (Å²) in [6.07, 6.45) is 0. The Morgan fingerprint density at radius 2 is 1.95 bits per heavy atom. The minimum atomic E-state index is -0.292. The zero-order valence-electron chi connectivity index (χ0n) is 12.0. The molecule has 2 N–H and O–H groups in total. The Balaban J connectivity index is 1.73. The van der Waals surface area contributed by atoms with Crippen LogP contribution in [-0.2, 0) is 6.54 Å². The van der Waals surface area contributed by atoms with E-state index in [9.17, 15) is 9.18 Å². The van der Waals surface area contributed by atoms with Gasteiger partial charge in [-0.05, 0) is 42.0 Å². The Morgan fingerprint density at radius 1 is 1.18 bits per heavy atom. The van der Waals surface area contributed by atoms with Crippen LogP contribution in [0.25, 0.3) is 10.9 Å². The fraction of sp³-hybridized carbons (Fsp3) is 0.118. The van der Waals surface area contributed by atoms with Gasteiger partial charge in [0.05, 0.1) is 7.11 Å². The monoisotopic (exact) mass is 298 g/mol. The van der Waals surface area contributed by atoms with Crippen molar-refractivity contribution in [3.8, 4) is 5.75 Å². The SMILES string of the molecule is COc1ccc2[nH]c(C(=O)NCc3ccc(F)cc3)cc2c1. The highest BCUT2D eigenvalue weighted by Crippen LogP contribution is 2.21. The fourth-order valence-electron chi connectivity index (χ4n) is 2.24. The van der Waals surface area contributed by atoms with E-state index in [1.54, 1.807) is 25.3 Å². The first-order valence-electron chi connectivity index (χ1n) is 6.85. The topological polar surface area (TPSA) is 54.1 Å². The highest BCUT2D eigenvalue weighted by atomic mass is 19.1. The molecule has 3 rings (SSSR count). The molecule has 3 aromatic rings. The first-order chi connectivity index (χ1) is 10.7. The van der Waals surface area contributed by atoms with E-state index in [2.05, 4.69) is 10.3 Å². The van der Waals surface area contributed by atoms with E-state index in [4.69, 9.17) is 4.74 Å². The number of halogens is 1. The summed E-state index contributed by atoms with van der Waals surface area (Å²) in [6, 6.07) is 13.4. The zero-order valence-corrected chi connectivity index (χ0v) is 12.0. The summed E-state index contributed by atoms with van der Waals surface area (Å²) < 4.78 is 18.0. The molecule has 0 saturated carbocycles.